The molecule has 0 radical (unpaired) electrons. The van der Waals surface area contributed by atoms with Gasteiger partial charge in [0.05, 0.1) is 5.69 Å². The summed E-state index contributed by atoms with van der Waals surface area (Å²) in [5, 5.41) is 3.37. The van der Waals surface area contributed by atoms with E-state index in [2.05, 4.69) is 22.4 Å². The van der Waals surface area contributed by atoms with Crippen molar-refractivity contribution in [2.24, 2.45) is 0 Å². The van der Waals surface area contributed by atoms with Crippen molar-refractivity contribution in [3.8, 4) is 0 Å². The second-order valence-corrected chi connectivity index (χ2v) is 3.34. The molecule has 2 nitrogen and oxygen atoms in total. The van der Waals surface area contributed by atoms with Crippen LogP contribution in [-0.4, -0.2) is 11.5 Å². The van der Waals surface area contributed by atoms with Gasteiger partial charge in [0.2, 0.25) is 0 Å². The first kappa shape index (κ1) is 7.74. The molecule has 1 aliphatic heterocycles. The summed E-state index contributed by atoms with van der Waals surface area (Å²) >= 11 is 0. The third-order valence-electron chi connectivity index (χ3n) is 2.30. The molecule has 0 aromatic carbocycles. The van der Waals surface area contributed by atoms with Crippen LogP contribution in [0.15, 0.2) is 12.1 Å². The number of nitrogens with zero attached hydrogens (tertiary/aromatic N) is 1. The van der Waals surface area contributed by atoms with Gasteiger partial charge in [0, 0.05) is 12.2 Å². The van der Waals surface area contributed by atoms with Crippen LogP contribution in [0.5, 0.6) is 0 Å². The normalized spacial score (nSPS) is 16.8. The molecule has 64 valence electrons. The molecular formula is C10H14N2. The van der Waals surface area contributed by atoms with Crippen molar-refractivity contribution < 1.29 is 0 Å². The molecule has 0 atom stereocenters. The average molecular weight is 162 g/mol. The molecule has 0 amide bonds. The lowest BCUT2D eigenvalue weighted by molar-refractivity contribution is 0.674. The lowest BCUT2D eigenvalue weighted by Crippen LogP contribution is -2.13. The second kappa shape index (κ2) is 3.23. The maximum atomic E-state index is 4.51. The first-order chi connectivity index (χ1) is 5.86. The first-order valence-corrected chi connectivity index (χ1v) is 4.52. The molecule has 12 heavy (non-hydrogen) atoms. The lowest BCUT2D eigenvalue weighted by Gasteiger charge is -2.04. The van der Waals surface area contributed by atoms with Gasteiger partial charge in [0.25, 0.3) is 0 Å². The second-order valence-electron chi connectivity index (χ2n) is 3.34. The van der Waals surface area contributed by atoms with Crippen LogP contribution < -0.4 is 5.32 Å². The highest BCUT2D eigenvalue weighted by Gasteiger charge is 2.07. The quantitative estimate of drug-likeness (QED) is 0.624. The van der Waals surface area contributed by atoms with E-state index in [1.807, 2.05) is 6.92 Å². The van der Waals surface area contributed by atoms with Crippen molar-refractivity contribution in [3.63, 3.8) is 0 Å². The smallest absolute Gasteiger partial charge is 0.0576 e. The predicted octanol–water partition coefficient (Wildman–Crippen LogP) is 1.43. The molecule has 0 saturated heterocycles. The molecule has 0 spiro atoms. The minimum Gasteiger partial charge on any atom is -0.311 e. The zero-order valence-electron chi connectivity index (χ0n) is 7.43. The molecule has 1 aromatic rings. The molecule has 2 heterocycles. The number of aryl methyl sites for hydroxylation is 2. The molecule has 0 saturated carbocycles. The summed E-state index contributed by atoms with van der Waals surface area (Å²) in [4.78, 5) is 4.51. The van der Waals surface area contributed by atoms with Crippen LogP contribution in [0.4, 0.5) is 0 Å². The Morgan fingerprint density at radius 1 is 1.42 bits per heavy atom. The Labute approximate surface area is 73.0 Å². The van der Waals surface area contributed by atoms with E-state index in [-0.39, 0.29) is 0 Å². The van der Waals surface area contributed by atoms with Gasteiger partial charge in [-0.3, -0.25) is 4.98 Å². The van der Waals surface area contributed by atoms with Crippen LogP contribution in [0.3, 0.4) is 0 Å². The van der Waals surface area contributed by atoms with Crippen LogP contribution in [-0.2, 0) is 13.0 Å². The third kappa shape index (κ3) is 1.48. The summed E-state index contributed by atoms with van der Waals surface area (Å²) in [6, 6.07) is 4.31. The van der Waals surface area contributed by atoms with Crippen molar-refractivity contribution in [3.05, 3.63) is 29.1 Å². The minimum atomic E-state index is 0.941. The largest absolute Gasteiger partial charge is 0.311 e. The SMILES string of the molecule is Cc1ccc2c(n1)CNCCC2. The molecule has 2 rings (SSSR count). The Morgan fingerprint density at radius 2 is 2.33 bits per heavy atom. The number of pyridine rings is 1. The predicted molar refractivity (Wildman–Crippen MR) is 49.0 cm³/mol. The summed E-state index contributed by atoms with van der Waals surface area (Å²) in [6.07, 6.45) is 2.41. The van der Waals surface area contributed by atoms with Crippen LogP contribution in [0.2, 0.25) is 0 Å². The standard InChI is InChI=1S/C10H14N2/c1-8-4-5-9-3-2-6-11-7-10(9)12-8/h4-5,11H,2-3,6-7H2,1H3. The Balaban J connectivity index is 2.36. The van der Waals surface area contributed by atoms with Gasteiger partial charge in [-0.2, -0.15) is 0 Å². The van der Waals surface area contributed by atoms with Gasteiger partial charge in [0.15, 0.2) is 0 Å². The topological polar surface area (TPSA) is 24.9 Å². The lowest BCUT2D eigenvalue weighted by atomic mass is 10.1. The fourth-order valence-corrected chi connectivity index (χ4v) is 1.63. The van der Waals surface area contributed by atoms with Crippen LogP contribution in [0.1, 0.15) is 23.4 Å². The van der Waals surface area contributed by atoms with E-state index >= 15 is 0 Å². The number of aromatic nitrogens is 1. The first-order valence-electron chi connectivity index (χ1n) is 4.52. The van der Waals surface area contributed by atoms with Gasteiger partial charge in [-0.25, -0.2) is 0 Å². The number of fused-ring (bicyclic) bond motifs is 1. The molecular weight excluding hydrogens is 148 g/mol. The third-order valence-corrected chi connectivity index (χ3v) is 2.30. The van der Waals surface area contributed by atoms with Gasteiger partial charge >= 0.3 is 0 Å². The Kier molecular flexibility index (Phi) is 2.09. The van der Waals surface area contributed by atoms with Crippen LogP contribution >= 0.6 is 0 Å². The molecule has 1 aromatic heterocycles. The van der Waals surface area contributed by atoms with Crippen molar-refractivity contribution in [1.82, 2.24) is 10.3 Å². The molecule has 0 aliphatic carbocycles. The fraction of sp³-hybridized carbons (Fsp3) is 0.500. The Hall–Kier alpha value is -0.890. The van der Waals surface area contributed by atoms with Gasteiger partial charge in [-0.15, -0.1) is 0 Å². The summed E-state index contributed by atoms with van der Waals surface area (Å²) in [5.74, 6) is 0. The van der Waals surface area contributed by atoms with E-state index < -0.39 is 0 Å². The van der Waals surface area contributed by atoms with E-state index in [1.54, 1.807) is 0 Å². The van der Waals surface area contributed by atoms with E-state index in [1.165, 1.54) is 24.1 Å². The van der Waals surface area contributed by atoms with E-state index in [0.29, 0.717) is 0 Å². The van der Waals surface area contributed by atoms with E-state index in [9.17, 15) is 0 Å². The van der Waals surface area contributed by atoms with Crippen molar-refractivity contribution in [2.45, 2.75) is 26.3 Å². The fourth-order valence-electron chi connectivity index (χ4n) is 1.63. The highest BCUT2D eigenvalue weighted by atomic mass is 14.9. The number of hydrogen-bond donors (Lipinski definition) is 1. The summed E-state index contributed by atoms with van der Waals surface area (Å²) < 4.78 is 0. The maximum absolute atomic E-state index is 4.51. The number of nitrogens with one attached hydrogen (secondary N) is 1. The summed E-state index contributed by atoms with van der Waals surface area (Å²) in [7, 11) is 0. The Bertz CT molecular complexity index is 281. The van der Waals surface area contributed by atoms with Gasteiger partial charge in [-0.1, -0.05) is 6.07 Å². The monoisotopic (exact) mass is 162 g/mol. The molecule has 0 unspecified atom stereocenters. The van der Waals surface area contributed by atoms with Crippen molar-refractivity contribution in [2.75, 3.05) is 6.54 Å². The number of rotatable bonds is 0. The molecule has 1 aliphatic rings. The molecule has 0 fully saturated rings. The maximum Gasteiger partial charge on any atom is 0.0576 e. The zero-order chi connectivity index (χ0) is 8.39. The van der Waals surface area contributed by atoms with E-state index in [0.717, 1.165) is 18.8 Å². The number of hydrogen-bond acceptors (Lipinski definition) is 2. The highest BCUT2D eigenvalue weighted by molar-refractivity contribution is 5.23. The summed E-state index contributed by atoms with van der Waals surface area (Å²) in [5.41, 5.74) is 3.79. The van der Waals surface area contributed by atoms with Crippen molar-refractivity contribution in [1.29, 1.82) is 0 Å². The Morgan fingerprint density at radius 3 is 3.25 bits per heavy atom. The molecule has 0 bridgehead atoms. The van der Waals surface area contributed by atoms with Gasteiger partial charge < -0.3 is 5.32 Å². The van der Waals surface area contributed by atoms with Crippen LogP contribution in [0.25, 0.3) is 0 Å². The minimum absolute atomic E-state index is 0.941. The average Bonchev–Trinajstić information content (AvgIpc) is 2.28. The summed E-state index contributed by atoms with van der Waals surface area (Å²) in [6.45, 7) is 4.11. The molecule has 2 heteroatoms. The van der Waals surface area contributed by atoms with Gasteiger partial charge in [0.1, 0.15) is 0 Å². The van der Waals surface area contributed by atoms with Crippen LogP contribution in [0, 0.1) is 6.92 Å². The van der Waals surface area contributed by atoms with Gasteiger partial charge in [-0.05, 0) is 37.9 Å². The zero-order valence-corrected chi connectivity index (χ0v) is 7.43. The highest BCUT2D eigenvalue weighted by Crippen LogP contribution is 2.12. The molecule has 1 N–H and O–H groups in total. The van der Waals surface area contributed by atoms with E-state index in [4.69, 9.17) is 0 Å². The van der Waals surface area contributed by atoms with Crippen molar-refractivity contribution >= 4 is 0 Å².